The largest absolute Gasteiger partial charge is 0.491 e. The molecular formula is C25H33N5O2. The van der Waals surface area contributed by atoms with Crippen LogP contribution in [-0.4, -0.2) is 42.4 Å². The Labute approximate surface area is 190 Å². The van der Waals surface area contributed by atoms with Crippen molar-refractivity contribution in [2.75, 3.05) is 26.9 Å². The fourth-order valence-corrected chi connectivity index (χ4v) is 3.31. The van der Waals surface area contributed by atoms with Gasteiger partial charge in [0.1, 0.15) is 12.4 Å². The lowest BCUT2D eigenvalue weighted by Crippen LogP contribution is -2.36. The first-order valence-corrected chi connectivity index (χ1v) is 11.0. The third-order valence-electron chi connectivity index (χ3n) is 4.96. The van der Waals surface area contributed by atoms with Crippen molar-refractivity contribution in [2.24, 2.45) is 4.99 Å². The van der Waals surface area contributed by atoms with Gasteiger partial charge in [0.2, 0.25) is 0 Å². The van der Waals surface area contributed by atoms with Gasteiger partial charge in [-0.1, -0.05) is 36.4 Å². The normalized spacial score (nSPS) is 11.4. The van der Waals surface area contributed by atoms with Crippen molar-refractivity contribution in [2.45, 2.75) is 33.5 Å². The number of aryl methyl sites for hydroxylation is 1. The molecular weight excluding hydrogens is 402 g/mol. The summed E-state index contributed by atoms with van der Waals surface area (Å²) in [6.07, 6.45) is 5.59. The van der Waals surface area contributed by atoms with E-state index in [0.29, 0.717) is 32.9 Å². The summed E-state index contributed by atoms with van der Waals surface area (Å²) in [5.41, 5.74) is 4.68. The molecule has 2 N–H and O–H groups in total. The summed E-state index contributed by atoms with van der Waals surface area (Å²) < 4.78 is 13.4. The molecule has 2 aromatic carbocycles. The number of nitrogens with one attached hydrogen (secondary N) is 2. The molecule has 0 atom stereocenters. The van der Waals surface area contributed by atoms with E-state index in [9.17, 15) is 0 Å². The topological polar surface area (TPSA) is 72.7 Å². The first-order chi connectivity index (χ1) is 15.7. The zero-order chi connectivity index (χ0) is 22.6. The number of rotatable bonds is 11. The minimum atomic E-state index is 0.534. The van der Waals surface area contributed by atoms with Crippen LogP contribution in [0.3, 0.4) is 0 Å². The molecule has 0 aliphatic carbocycles. The van der Waals surface area contributed by atoms with Crippen LogP contribution in [0.2, 0.25) is 0 Å². The number of benzene rings is 2. The SMILES string of the molecule is CCOCCOc1cc(C)ccc1CNC(=NC)NCc1cccc(Cn2ccnc2)c1. The molecule has 7 heteroatoms. The van der Waals surface area contributed by atoms with Gasteiger partial charge < -0.3 is 24.7 Å². The van der Waals surface area contributed by atoms with Crippen molar-refractivity contribution >= 4 is 5.96 Å². The van der Waals surface area contributed by atoms with Crippen molar-refractivity contribution in [3.63, 3.8) is 0 Å². The Morgan fingerprint density at radius 3 is 2.69 bits per heavy atom. The highest BCUT2D eigenvalue weighted by atomic mass is 16.5. The van der Waals surface area contributed by atoms with Gasteiger partial charge >= 0.3 is 0 Å². The van der Waals surface area contributed by atoms with E-state index in [1.807, 2.05) is 19.4 Å². The van der Waals surface area contributed by atoms with E-state index in [-0.39, 0.29) is 0 Å². The highest BCUT2D eigenvalue weighted by Gasteiger charge is 2.07. The van der Waals surface area contributed by atoms with E-state index in [2.05, 4.69) is 74.6 Å². The standard InChI is InChI=1S/C25H33N5O2/c1-4-31-12-13-32-24-14-20(2)8-9-23(24)17-29-25(26-3)28-16-21-6-5-7-22(15-21)18-30-11-10-27-19-30/h5-11,14-15,19H,4,12-13,16-18H2,1-3H3,(H2,26,28,29). The molecule has 0 radical (unpaired) electrons. The van der Waals surface area contributed by atoms with E-state index >= 15 is 0 Å². The first kappa shape index (κ1) is 23.3. The van der Waals surface area contributed by atoms with Gasteiger partial charge in [0.15, 0.2) is 5.96 Å². The maximum absolute atomic E-state index is 5.94. The number of nitrogens with zero attached hydrogens (tertiary/aromatic N) is 3. The summed E-state index contributed by atoms with van der Waals surface area (Å²) in [5, 5.41) is 6.78. The van der Waals surface area contributed by atoms with Crippen LogP contribution in [-0.2, 0) is 24.4 Å². The maximum atomic E-state index is 5.94. The minimum Gasteiger partial charge on any atom is -0.491 e. The second-order valence-corrected chi connectivity index (χ2v) is 7.49. The predicted octanol–water partition coefficient (Wildman–Crippen LogP) is 3.52. The molecule has 0 saturated heterocycles. The average molecular weight is 436 g/mol. The average Bonchev–Trinajstić information content (AvgIpc) is 3.31. The van der Waals surface area contributed by atoms with Crippen LogP contribution >= 0.6 is 0 Å². The first-order valence-electron chi connectivity index (χ1n) is 11.0. The summed E-state index contributed by atoms with van der Waals surface area (Å²) >= 11 is 0. The molecule has 0 spiro atoms. The monoisotopic (exact) mass is 435 g/mol. The molecule has 0 unspecified atom stereocenters. The van der Waals surface area contributed by atoms with Gasteiger partial charge in [0, 0.05) is 51.2 Å². The summed E-state index contributed by atoms with van der Waals surface area (Å²) in [5.74, 6) is 1.62. The summed E-state index contributed by atoms with van der Waals surface area (Å²) in [4.78, 5) is 8.46. The fraction of sp³-hybridized carbons (Fsp3) is 0.360. The Morgan fingerprint density at radius 2 is 1.91 bits per heavy atom. The van der Waals surface area contributed by atoms with Crippen LogP contribution in [0.4, 0.5) is 0 Å². The zero-order valence-electron chi connectivity index (χ0n) is 19.2. The lowest BCUT2D eigenvalue weighted by Gasteiger charge is -2.16. The van der Waals surface area contributed by atoms with Crippen LogP contribution in [0.1, 0.15) is 29.2 Å². The number of hydrogen-bond donors (Lipinski definition) is 2. The lowest BCUT2D eigenvalue weighted by molar-refractivity contribution is 0.110. The lowest BCUT2D eigenvalue weighted by atomic mass is 10.1. The number of hydrogen-bond acceptors (Lipinski definition) is 4. The van der Waals surface area contributed by atoms with Crippen molar-refractivity contribution in [3.05, 3.63) is 83.4 Å². The third kappa shape index (κ3) is 7.42. The molecule has 0 saturated carbocycles. The quantitative estimate of drug-likeness (QED) is 0.274. The molecule has 170 valence electrons. The smallest absolute Gasteiger partial charge is 0.191 e. The van der Waals surface area contributed by atoms with Crippen LogP contribution < -0.4 is 15.4 Å². The fourth-order valence-electron chi connectivity index (χ4n) is 3.31. The highest BCUT2D eigenvalue weighted by molar-refractivity contribution is 5.79. The number of imidazole rings is 1. The van der Waals surface area contributed by atoms with Gasteiger partial charge in [-0.15, -0.1) is 0 Å². The second kappa shape index (κ2) is 12.5. The maximum Gasteiger partial charge on any atom is 0.191 e. The molecule has 7 nitrogen and oxygen atoms in total. The van der Waals surface area contributed by atoms with Gasteiger partial charge in [-0.05, 0) is 36.6 Å². The van der Waals surface area contributed by atoms with E-state index in [0.717, 1.165) is 23.8 Å². The summed E-state index contributed by atoms with van der Waals surface area (Å²) in [6.45, 7) is 7.96. The van der Waals surface area contributed by atoms with Crippen molar-refractivity contribution < 1.29 is 9.47 Å². The summed E-state index contributed by atoms with van der Waals surface area (Å²) in [7, 11) is 1.78. The van der Waals surface area contributed by atoms with Crippen molar-refractivity contribution in [3.8, 4) is 5.75 Å². The molecule has 32 heavy (non-hydrogen) atoms. The van der Waals surface area contributed by atoms with Gasteiger partial charge in [0.25, 0.3) is 0 Å². The minimum absolute atomic E-state index is 0.534. The summed E-state index contributed by atoms with van der Waals surface area (Å²) in [6, 6.07) is 14.8. The van der Waals surface area contributed by atoms with Crippen LogP contribution in [0.25, 0.3) is 0 Å². The number of aromatic nitrogens is 2. The van der Waals surface area contributed by atoms with Gasteiger partial charge in [-0.2, -0.15) is 0 Å². The van der Waals surface area contributed by atoms with Gasteiger partial charge in [-0.3, -0.25) is 4.99 Å². The van der Waals surface area contributed by atoms with E-state index in [1.165, 1.54) is 16.7 Å². The molecule has 1 heterocycles. The van der Waals surface area contributed by atoms with Gasteiger partial charge in [0.05, 0.1) is 12.9 Å². The Bertz CT molecular complexity index is 986. The number of ether oxygens (including phenoxy) is 2. The van der Waals surface area contributed by atoms with Gasteiger partial charge in [-0.25, -0.2) is 4.98 Å². The molecule has 0 fully saturated rings. The second-order valence-electron chi connectivity index (χ2n) is 7.49. The zero-order valence-corrected chi connectivity index (χ0v) is 19.2. The van der Waals surface area contributed by atoms with Crippen molar-refractivity contribution in [1.29, 1.82) is 0 Å². The highest BCUT2D eigenvalue weighted by Crippen LogP contribution is 2.20. The van der Waals surface area contributed by atoms with Crippen molar-refractivity contribution in [1.82, 2.24) is 20.2 Å². The Kier molecular flexibility index (Phi) is 9.13. The van der Waals surface area contributed by atoms with E-state index in [4.69, 9.17) is 9.47 Å². The Morgan fingerprint density at radius 1 is 1.06 bits per heavy atom. The molecule has 3 rings (SSSR count). The molecule has 0 aliphatic heterocycles. The molecule has 0 aliphatic rings. The Hall–Kier alpha value is -3.32. The van der Waals surface area contributed by atoms with E-state index in [1.54, 1.807) is 13.2 Å². The predicted molar refractivity (Wildman–Crippen MR) is 128 cm³/mol. The molecule has 1 aromatic heterocycles. The van der Waals surface area contributed by atoms with Crippen LogP contribution in [0, 0.1) is 6.92 Å². The molecule has 0 amide bonds. The number of guanidine groups is 1. The molecule has 0 bridgehead atoms. The third-order valence-corrected chi connectivity index (χ3v) is 4.96. The van der Waals surface area contributed by atoms with Crippen LogP contribution in [0.5, 0.6) is 5.75 Å². The van der Waals surface area contributed by atoms with Crippen LogP contribution in [0.15, 0.2) is 66.2 Å². The molecule has 3 aromatic rings. The Balaban J connectivity index is 1.53. The number of aliphatic imine (C=N–C) groups is 1. The van der Waals surface area contributed by atoms with E-state index < -0.39 is 0 Å².